The van der Waals surface area contributed by atoms with Gasteiger partial charge in [-0.15, -0.1) is 0 Å². The molecule has 0 unspecified atom stereocenters. The minimum absolute atomic E-state index is 0.0346. The van der Waals surface area contributed by atoms with Crippen LogP contribution in [0.3, 0.4) is 0 Å². The number of hydrogen-bond acceptors (Lipinski definition) is 3. The van der Waals surface area contributed by atoms with E-state index < -0.39 is 0 Å². The van der Waals surface area contributed by atoms with Gasteiger partial charge in [-0.05, 0) is 41.8 Å². The second-order valence-corrected chi connectivity index (χ2v) is 5.38. The lowest BCUT2D eigenvalue weighted by molar-refractivity contribution is 0.263. The summed E-state index contributed by atoms with van der Waals surface area (Å²) in [6.07, 6.45) is 2.69. The highest BCUT2D eigenvalue weighted by molar-refractivity contribution is 5.72. The zero-order chi connectivity index (χ0) is 16.1. The van der Waals surface area contributed by atoms with Gasteiger partial charge < -0.3 is 9.84 Å². The molecule has 0 fully saturated rings. The molecule has 1 heterocycles. The van der Waals surface area contributed by atoms with E-state index >= 15 is 0 Å². The van der Waals surface area contributed by atoms with E-state index in [1.54, 1.807) is 6.20 Å². The number of nitrogens with one attached hydrogen (secondary N) is 1. The number of ether oxygens (including phenoxy) is 1. The zero-order valence-electron chi connectivity index (χ0n) is 13.1. The maximum Gasteiger partial charge on any atom is 0.124 e. The Morgan fingerprint density at radius 3 is 2.61 bits per heavy atom. The van der Waals surface area contributed by atoms with Crippen LogP contribution in [-0.4, -0.2) is 21.9 Å². The fourth-order valence-corrected chi connectivity index (χ4v) is 2.52. The van der Waals surface area contributed by atoms with Crippen LogP contribution in [0.4, 0.5) is 0 Å². The van der Waals surface area contributed by atoms with E-state index in [1.165, 1.54) is 0 Å². The zero-order valence-corrected chi connectivity index (χ0v) is 13.1. The van der Waals surface area contributed by atoms with Gasteiger partial charge in [0.05, 0.1) is 18.9 Å². The molecule has 0 saturated heterocycles. The Morgan fingerprint density at radius 2 is 1.87 bits per heavy atom. The molecular formula is C19H20N2O2. The van der Waals surface area contributed by atoms with Gasteiger partial charge in [-0.3, -0.25) is 5.10 Å². The van der Waals surface area contributed by atoms with E-state index in [2.05, 4.69) is 29.3 Å². The van der Waals surface area contributed by atoms with Crippen LogP contribution in [0.5, 0.6) is 5.75 Å². The molecule has 3 rings (SSSR count). The topological polar surface area (TPSA) is 58.1 Å². The number of hydrogen-bond donors (Lipinski definition) is 2. The Balaban J connectivity index is 1.94. The van der Waals surface area contributed by atoms with E-state index in [4.69, 9.17) is 4.74 Å². The number of aliphatic hydroxyl groups is 1. The van der Waals surface area contributed by atoms with Crippen molar-refractivity contribution in [1.82, 2.24) is 10.2 Å². The summed E-state index contributed by atoms with van der Waals surface area (Å²) in [7, 11) is 0. The Morgan fingerprint density at radius 1 is 1.04 bits per heavy atom. The molecule has 0 spiro atoms. The van der Waals surface area contributed by atoms with Crippen LogP contribution >= 0.6 is 0 Å². The predicted molar refractivity (Wildman–Crippen MR) is 91.2 cm³/mol. The first-order chi connectivity index (χ1) is 11.3. The van der Waals surface area contributed by atoms with Crippen LogP contribution in [0, 0.1) is 0 Å². The highest BCUT2D eigenvalue weighted by Gasteiger charge is 2.07. The first-order valence-corrected chi connectivity index (χ1v) is 7.78. The maximum atomic E-state index is 9.60. The van der Waals surface area contributed by atoms with Gasteiger partial charge in [-0.2, -0.15) is 5.10 Å². The summed E-state index contributed by atoms with van der Waals surface area (Å²) in [4.78, 5) is 0. The third kappa shape index (κ3) is 3.43. The average Bonchev–Trinajstić information content (AvgIpc) is 3.14. The molecule has 0 bridgehead atoms. The minimum Gasteiger partial charge on any atom is -0.493 e. The van der Waals surface area contributed by atoms with Crippen molar-refractivity contribution in [2.24, 2.45) is 0 Å². The van der Waals surface area contributed by atoms with Crippen molar-refractivity contribution in [1.29, 1.82) is 0 Å². The Bertz CT molecular complexity index is 767. The van der Waals surface area contributed by atoms with Gasteiger partial charge >= 0.3 is 0 Å². The second kappa shape index (κ2) is 7.11. The van der Waals surface area contributed by atoms with E-state index in [0.29, 0.717) is 6.61 Å². The molecule has 4 nitrogen and oxygen atoms in total. The van der Waals surface area contributed by atoms with Crippen LogP contribution in [0.25, 0.3) is 22.4 Å². The molecule has 23 heavy (non-hydrogen) atoms. The lowest BCUT2D eigenvalue weighted by Crippen LogP contribution is -1.99. The third-order valence-corrected chi connectivity index (χ3v) is 3.70. The third-order valence-electron chi connectivity index (χ3n) is 3.70. The Kier molecular flexibility index (Phi) is 4.74. The van der Waals surface area contributed by atoms with E-state index in [1.807, 2.05) is 36.4 Å². The number of aromatic nitrogens is 2. The highest BCUT2D eigenvalue weighted by Crippen LogP contribution is 2.29. The van der Waals surface area contributed by atoms with Crippen LogP contribution < -0.4 is 4.74 Å². The van der Waals surface area contributed by atoms with Crippen molar-refractivity contribution in [3.8, 4) is 28.1 Å². The van der Waals surface area contributed by atoms with Crippen molar-refractivity contribution < 1.29 is 9.84 Å². The van der Waals surface area contributed by atoms with E-state index in [9.17, 15) is 5.11 Å². The normalized spacial score (nSPS) is 10.7. The number of aromatic amines is 1. The molecule has 2 N–H and O–H groups in total. The molecule has 0 aliphatic carbocycles. The van der Waals surface area contributed by atoms with Crippen LogP contribution in [0.1, 0.15) is 18.9 Å². The van der Waals surface area contributed by atoms with Gasteiger partial charge in [0.1, 0.15) is 5.75 Å². The molecule has 3 aromatic rings. The molecule has 0 saturated carbocycles. The Labute approximate surface area is 135 Å². The Hall–Kier alpha value is -2.59. The monoisotopic (exact) mass is 308 g/mol. The lowest BCUT2D eigenvalue weighted by Gasteiger charge is -2.12. The van der Waals surface area contributed by atoms with Crippen LogP contribution in [0.15, 0.2) is 54.7 Å². The van der Waals surface area contributed by atoms with Gasteiger partial charge in [0.25, 0.3) is 0 Å². The summed E-state index contributed by atoms with van der Waals surface area (Å²) in [5.74, 6) is 0.753. The maximum absolute atomic E-state index is 9.60. The second-order valence-electron chi connectivity index (χ2n) is 5.38. The first-order valence-electron chi connectivity index (χ1n) is 7.78. The molecule has 1 aromatic heterocycles. The van der Waals surface area contributed by atoms with Crippen LogP contribution in [-0.2, 0) is 6.61 Å². The molecule has 118 valence electrons. The summed E-state index contributed by atoms with van der Waals surface area (Å²) in [5, 5.41) is 16.6. The van der Waals surface area contributed by atoms with E-state index in [0.717, 1.165) is 40.1 Å². The summed E-state index contributed by atoms with van der Waals surface area (Å²) >= 11 is 0. The molecule has 0 amide bonds. The van der Waals surface area contributed by atoms with Crippen molar-refractivity contribution in [3.05, 3.63) is 60.3 Å². The number of H-pyrrole nitrogens is 1. The fraction of sp³-hybridized carbons (Fsp3) is 0.211. The summed E-state index contributed by atoms with van der Waals surface area (Å²) in [6.45, 7) is 2.68. The van der Waals surface area contributed by atoms with Gasteiger partial charge in [0.15, 0.2) is 0 Å². The average molecular weight is 308 g/mol. The molecule has 0 radical (unpaired) electrons. The largest absolute Gasteiger partial charge is 0.493 e. The lowest BCUT2D eigenvalue weighted by atomic mass is 10.00. The standard InChI is InChI=1S/C19H20N2O2/c1-2-10-23-19-7-6-15(12-17(19)13-22)14-4-3-5-16(11-14)18-8-9-20-21-18/h3-9,11-12,22H,2,10,13H2,1H3,(H,20,21). The van der Waals surface area contributed by atoms with Gasteiger partial charge in [-0.25, -0.2) is 0 Å². The SMILES string of the molecule is CCCOc1ccc(-c2cccc(-c3ccn[nH]3)c2)cc1CO. The van der Waals surface area contributed by atoms with Gasteiger partial charge in [0.2, 0.25) is 0 Å². The summed E-state index contributed by atoms with van der Waals surface area (Å²) in [6, 6.07) is 16.1. The van der Waals surface area contributed by atoms with Crippen LogP contribution in [0.2, 0.25) is 0 Å². The molecular weight excluding hydrogens is 288 g/mol. The molecule has 4 heteroatoms. The van der Waals surface area contributed by atoms with Crippen molar-refractivity contribution >= 4 is 0 Å². The minimum atomic E-state index is -0.0346. The quantitative estimate of drug-likeness (QED) is 0.723. The van der Waals surface area contributed by atoms with E-state index in [-0.39, 0.29) is 6.61 Å². The molecule has 0 atom stereocenters. The van der Waals surface area contributed by atoms with Gasteiger partial charge in [-0.1, -0.05) is 31.2 Å². The first kappa shape index (κ1) is 15.3. The summed E-state index contributed by atoms with van der Waals surface area (Å²) < 4.78 is 5.68. The molecule has 0 aliphatic heterocycles. The van der Waals surface area contributed by atoms with Crippen molar-refractivity contribution in [2.75, 3.05) is 6.61 Å². The fourth-order valence-electron chi connectivity index (χ4n) is 2.52. The number of aliphatic hydroxyl groups excluding tert-OH is 1. The van der Waals surface area contributed by atoms with Gasteiger partial charge in [0, 0.05) is 17.3 Å². The number of rotatable bonds is 6. The number of nitrogens with zero attached hydrogens (tertiary/aromatic N) is 1. The summed E-state index contributed by atoms with van der Waals surface area (Å²) in [5.41, 5.74) is 5.02. The smallest absolute Gasteiger partial charge is 0.124 e. The molecule has 0 aliphatic rings. The van der Waals surface area contributed by atoms with Crippen molar-refractivity contribution in [3.63, 3.8) is 0 Å². The number of benzene rings is 2. The van der Waals surface area contributed by atoms with Crippen molar-refractivity contribution in [2.45, 2.75) is 20.0 Å². The molecule has 2 aromatic carbocycles. The highest BCUT2D eigenvalue weighted by atomic mass is 16.5. The predicted octanol–water partition coefficient (Wildman–Crippen LogP) is 4.02.